The number of para-hydroxylation sites is 1. The van der Waals surface area contributed by atoms with Gasteiger partial charge in [0, 0.05) is 24.7 Å². The van der Waals surface area contributed by atoms with Crippen molar-refractivity contribution in [1.29, 1.82) is 0 Å². The van der Waals surface area contributed by atoms with Gasteiger partial charge in [-0.25, -0.2) is 9.97 Å². The van der Waals surface area contributed by atoms with Gasteiger partial charge in [0.1, 0.15) is 16.2 Å². The first-order chi connectivity index (χ1) is 8.74. The second-order valence-corrected chi connectivity index (χ2v) is 5.39. The molecule has 1 aliphatic rings. The average Bonchev–Trinajstić information content (AvgIpc) is 3.22. The molecule has 1 aliphatic carbocycles. The van der Waals surface area contributed by atoms with E-state index in [1.54, 1.807) is 0 Å². The van der Waals surface area contributed by atoms with Gasteiger partial charge in [0.25, 0.3) is 0 Å². The highest BCUT2D eigenvalue weighted by molar-refractivity contribution is 9.10. The fraction of sp³-hybridized carbons (Fsp3) is 0.286. The van der Waals surface area contributed by atoms with Gasteiger partial charge in [-0.15, -0.1) is 0 Å². The minimum Gasteiger partial charge on any atom is -0.329 e. The van der Waals surface area contributed by atoms with Crippen LogP contribution in [0.5, 0.6) is 0 Å². The van der Waals surface area contributed by atoms with Crippen molar-refractivity contribution in [1.82, 2.24) is 9.97 Å². The van der Waals surface area contributed by atoms with E-state index in [0.29, 0.717) is 5.92 Å². The lowest BCUT2D eigenvalue weighted by Gasteiger charge is -2.19. The van der Waals surface area contributed by atoms with E-state index in [-0.39, 0.29) is 0 Å². The molecule has 2 aromatic rings. The maximum absolute atomic E-state index is 4.66. The second kappa shape index (κ2) is 4.69. The molecular weight excluding hydrogens is 290 g/mol. The van der Waals surface area contributed by atoms with Crippen molar-refractivity contribution in [3.05, 3.63) is 46.8 Å². The largest absolute Gasteiger partial charge is 0.329 e. The zero-order valence-corrected chi connectivity index (χ0v) is 11.8. The monoisotopic (exact) mass is 303 g/mol. The van der Waals surface area contributed by atoms with Crippen LogP contribution in [0.1, 0.15) is 24.6 Å². The molecule has 3 nitrogen and oxygen atoms in total. The Morgan fingerprint density at radius 2 is 1.89 bits per heavy atom. The highest BCUT2D eigenvalue weighted by Gasteiger charge is 2.27. The quantitative estimate of drug-likeness (QED) is 0.806. The van der Waals surface area contributed by atoms with Crippen molar-refractivity contribution >= 4 is 27.4 Å². The Bertz CT molecular complexity index is 552. The lowest BCUT2D eigenvalue weighted by Crippen LogP contribution is -2.12. The molecule has 1 aromatic carbocycles. The molecule has 1 fully saturated rings. The molecule has 1 heterocycles. The summed E-state index contributed by atoms with van der Waals surface area (Å²) >= 11 is 3.47. The molecule has 0 N–H and O–H groups in total. The van der Waals surface area contributed by atoms with Gasteiger partial charge in [-0.05, 0) is 40.9 Å². The van der Waals surface area contributed by atoms with Crippen LogP contribution in [-0.2, 0) is 0 Å². The van der Waals surface area contributed by atoms with E-state index in [0.717, 1.165) is 21.9 Å². The van der Waals surface area contributed by atoms with E-state index < -0.39 is 0 Å². The summed E-state index contributed by atoms with van der Waals surface area (Å²) < 4.78 is 0.859. The molecule has 18 heavy (non-hydrogen) atoms. The van der Waals surface area contributed by atoms with Crippen molar-refractivity contribution in [3.63, 3.8) is 0 Å². The highest BCUT2D eigenvalue weighted by Crippen LogP contribution is 2.39. The summed E-state index contributed by atoms with van der Waals surface area (Å²) in [4.78, 5) is 11.2. The van der Waals surface area contributed by atoms with Crippen LogP contribution < -0.4 is 4.90 Å². The Morgan fingerprint density at radius 3 is 2.56 bits per heavy atom. The summed E-state index contributed by atoms with van der Waals surface area (Å²) in [6.07, 6.45) is 2.43. The number of benzene rings is 1. The van der Waals surface area contributed by atoms with E-state index in [9.17, 15) is 0 Å². The first-order valence-electron chi connectivity index (χ1n) is 6.07. The van der Waals surface area contributed by atoms with E-state index >= 15 is 0 Å². The number of anilines is 2. The van der Waals surface area contributed by atoms with Crippen LogP contribution in [0, 0.1) is 0 Å². The van der Waals surface area contributed by atoms with Crippen molar-refractivity contribution in [2.45, 2.75) is 18.8 Å². The maximum Gasteiger partial charge on any atom is 0.137 e. The first-order valence-corrected chi connectivity index (χ1v) is 6.86. The predicted molar refractivity (Wildman–Crippen MR) is 76.2 cm³/mol. The first kappa shape index (κ1) is 11.7. The summed E-state index contributed by atoms with van der Waals surface area (Å²) in [5, 5.41) is 0. The zero-order chi connectivity index (χ0) is 12.5. The Balaban J connectivity index is 1.96. The third-order valence-electron chi connectivity index (χ3n) is 3.13. The van der Waals surface area contributed by atoms with Crippen LogP contribution >= 0.6 is 15.9 Å². The standard InChI is InChI=1S/C14H14BrN3/c1-18(11-5-3-2-4-6-11)13-9-12(15)16-14(17-13)10-7-8-10/h2-6,9-10H,7-8H2,1H3. The topological polar surface area (TPSA) is 29.0 Å². The van der Waals surface area contributed by atoms with Crippen LogP contribution in [0.3, 0.4) is 0 Å². The minimum atomic E-state index is 0.561. The summed E-state index contributed by atoms with van der Waals surface area (Å²) in [5.74, 6) is 2.46. The average molecular weight is 304 g/mol. The fourth-order valence-corrected chi connectivity index (χ4v) is 2.29. The molecule has 1 saturated carbocycles. The molecule has 0 unspecified atom stereocenters. The summed E-state index contributed by atoms with van der Waals surface area (Å²) in [7, 11) is 2.03. The number of hydrogen-bond donors (Lipinski definition) is 0. The zero-order valence-electron chi connectivity index (χ0n) is 10.2. The lowest BCUT2D eigenvalue weighted by atomic mass is 10.3. The summed E-state index contributed by atoms with van der Waals surface area (Å²) in [6.45, 7) is 0. The third-order valence-corrected chi connectivity index (χ3v) is 3.53. The molecule has 0 spiro atoms. The minimum absolute atomic E-state index is 0.561. The van der Waals surface area contributed by atoms with Gasteiger partial charge >= 0.3 is 0 Å². The van der Waals surface area contributed by atoms with Crippen molar-refractivity contribution in [2.24, 2.45) is 0 Å². The SMILES string of the molecule is CN(c1ccccc1)c1cc(Br)nc(C2CC2)n1. The van der Waals surface area contributed by atoms with Gasteiger partial charge in [-0.1, -0.05) is 18.2 Å². The Hall–Kier alpha value is -1.42. The Labute approximate surface area is 115 Å². The molecule has 0 aliphatic heterocycles. The van der Waals surface area contributed by atoms with Crippen LogP contribution in [0.15, 0.2) is 41.0 Å². The lowest BCUT2D eigenvalue weighted by molar-refractivity contribution is 0.904. The molecular formula is C14H14BrN3. The smallest absolute Gasteiger partial charge is 0.137 e. The molecule has 92 valence electrons. The number of nitrogens with zero attached hydrogens (tertiary/aromatic N) is 3. The van der Waals surface area contributed by atoms with Gasteiger partial charge in [0.15, 0.2) is 0 Å². The van der Waals surface area contributed by atoms with Crippen LogP contribution in [0.25, 0.3) is 0 Å². The van der Waals surface area contributed by atoms with Gasteiger partial charge in [0.2, 0.25) is 0 Å². The molecule has 3 rings (SSSR count). The number of aromatic nitrogens is 2. The molecule has 0 atom stereocenters. The van der Waals surface area contributed by atoms with E-state index in [4.69, 9.17) is 0 Å². The van der Waals surface area contributed by atoms with Crippen molar-refractivity contribution < 1.29 is 0 Å². The summed E-state index contributed by atoms with van der Waals surface area (Å²) in [5.41, 5.74) is 1.13. The molecule has 0 radical (unpaired) electrons. The van der Waals surface area contributed by atoms with E-state index in [1.165, 1.54) is 12.8 Å². The molecule has 1 aromatic heterocycles. The van der Waals surface area contributed by atoms with Gasteiger partial charge in [-0.2, -0.15) is 0 Å². The number of rotatable bonds is 3. The van der Waals surface area contributed by atoms with Gasteiger partial charge < -0.3 is 4.90 Å². The molecule has 0 bridgehead atoms. The van der Waals surface area contributed by atoms with Gasteiger partial charge in [0.05, 0.1) is 0 Å². The van der Waals surface area contributed by atoms with Crippen LogP contribution in [0.4, 0.5) is 11.5 Å². The number of hydrogen-bond acceptors (Lipinski definition) is 3. The molecule has 0 saturated heterocycles. The fourth-order valence-electron chi connectivity index (χ4n) is 1.90. The maximum atomic E-state index is 4.66. The van der Waals surface area contributed by atoms with Crippen molar-refractivity contribution in [3.8, 4) is 0 Å². The number of halogens is 1. The Kier molecular flexibility index (Phi) is 3.04. The van der Waals surface area contributed by atoms with Crippen molar-refractivity contribution in [2.75, 3.05) is 11.9 Å². The van der Waals surface area contributed by atoms with Crippen LogP contribution in [0.2, 0.25) is 0 Å². The van der Waals surface area contributed by atoms with Crippen LogP contribution in [-0.4, -0.2) is 17.0 Å². The molecule has 4 heteroatoms. The Morgan fingerprint density at radius 1 is 1.17 bits per heavy atom. The normalized spacial score (nSPS) is 14.6. The van der Waals surface area contributed by atoms with Gasteiger partial charge in [-0.3, -0.25) is 0 Å². The van der Waals surface area contributed by atoms with E-state index in [2.05, 4.69) is 42.9 Å². The summed E-state index contributed by atoms with van der Waals surface area (Å²) in [6, 6.07) is 12.2. The third kappa shape index (κ3) is 2.38. The highest BCUT2D eigenvalue weighted by atomic mass is 79.9. The predicted octanol–water partition coefficient (Wildman–Crippen LogP) is 3.88. The molecule has 0 amide bonds. The van der Waals surface area contributed by atoms with E-state index in [1.807, 2.05) is 31.3 Å². The second-order valence-electron chi connectivity index (χ2n) is 4.58.